The second kappa shape index (κ2) is 9.93. The van der Waals surface area contributed by atoms with Crippen molar-refractivity contribution in [2.24, 2.45) is 0 Å². The fourth-order valence-corrected chi connectivity index (χ4v) is 7.02. The summed E-state index contributed by atoms with van der Waals surface area (Å²) in [4.78, 5) is 0. The summed E-state index contributed by atoms with van der Waals surface area (Å²) in [5, 5.41) is 12.8. The predicted octanol–water partition coefficient (Wildman–Crippen LogP) is 12.5. The van der Waals surface area contributed by atoms with Gasteiger partial charge in [0.05, 0.1) is 0 Å². The van der Waals surface area contributed by atoms with E-state index in [2.05, 4.69) is 170 Å². The lowest BCUT2D eigenvalue weighted by Crippen LogP contribution is -1.86. The lowest BCUT2D eigenvalue weighted by molar-refractivity contribution is 1.62. The third-order valence-corrected chi connectivity index (χ3v) is 9.22. The van der Waals surface area contributed by atoms with Gasteiger partial charge in [0.2, 0.25) is 0 Å². The van der Waals surface area contributed by atoms with Gasteiger partial charge in [0, 0.05) is 0 Å². The van der Waals surface area contributed by atoms with E-state index in [0.717, 1.165) is 0 Å². The van der Waals surface area contributed by atoms with Crippen LogP contribution in [0.3, 0.4) is 0 Å². The van der Waals surface area contributed by atoms with Crippen LogP contribution in [0.15, 0.2) is 170 Å². The van der Waals surface area contributed by atoms with Gasteiger partial charge in [-0.25, -0.2) is 0 Å². The highest BCUT2D eigenvalue weighted by Crippen LogP contribution is 2.38. The molecule has 9 aromatic rings. The highest BCUT2D eigenvalue weighted by molar-refractivity contribution is 6.15. The first-order chi connectivity index (χ1) is 21.8. The largest absolute Gasteiger partial charge is 0.0616 e. The molecule has 9 aromatic carbocycles. The van der Waals surface area contributed by atoms with Crippen LogP contribution in [0.2, 0.25) is 0 Å². The van der Waals surface area contributed by atoms with E-state index in [1.165, 1.54) is 87.2 Å². The summed E-state index contributed by atoms with van der Waals surface area (Å²) in [6, 6.07) is 62.3. The van der Waals surface area contributed by atoms with Crippen molar-refractivity contribution in [3.05, 3.63) is 170 Å². The van der Waals surface area contributed by atoms with Crippen molar-refractivity contribution in [1.82, 2.24) is 0 Å². The zero-order valence-electron chi connectivity index (χ0n) is 24.2. The Bertz CT molecular complexity index is 2530. The Labute approximate surface area is 256 Å². The highest BCUT2D eigenvalue weighted by atomic mass is 14.1. The molecule has 0 heterocycles. The Morgan fingerprint density at radius 1 is 0.205 bits per heavy atom. The van der Waals surface area contributed by atoms with E-state index in [1.54, 1.807) is 0 Å². The lowest BCUT2D eigenvalue weighted by Gasteiger charge is -2.13. The Hall–Kier alpha value is -5.72. The number of fused-ring (bicyclic) bond motifs is 7. The Balaban J connectivity index is 1.13. The molecule has 0 saturated heterocycles. The zero-order valence-corrected chi connectivity index (χ0v) is 24.2. The van der Waals surface area contributed by atoms with E-state index in [-0.39, 0.29) is 0 Å². The summed E-state index contributed by atoms with van der Waals surface area (Å²) in [7, 11) is 0. The van der Waals surface area contributed by atoms with Gasteiger partial charge in [0.15, 0.2) is 0 Å². The van der Waals surface area contributed by atoms with Gasteiger partial charge in [-0.3, -0.25) is 0 Å². The summed E-state index contributed by atoms with van der Waals surface area (Å²) >= 11 is 0. The van der Waals surface area contributed by atoms with Gasteiger partial charge in [-0.15, -0.1) is 0 Å². The van der Waals surface area contributed by atoms with Gasteiger partial charge in [-0.05, 0) is 112 Å². The van der Waals surface area contributed by atoms with Crippen molar-refractivity contribution in [3.8, 4) is 33.4 Å². The first kappa shape index (κ1) is 24.8. The summed E-state index contributed by atoms with van der Waals surface area (Å²) < 4.78 is 0. The van der Waals surface area contributed by atoms with Crippen LogP contribution in [0.5, 0.6) is 0 Å². The molecular formula is C44H28. The van der Waals surface area contributed by atoms with Crippen molar-refractivity contribution in [2.75, 3.05) is 0 Å². The van der Waals surface area contributed by atoms with Crippen LogP contribution in [0, 0.1) is 0 Å². The molecule has 0 fully saturated rings. The van der Waals surface area contributed by atoms with Gasteiger partial charge < -0.3 is 0 Å². The molecule has 204 valence electrons. The molecule has 0 aliphatic rings. The Kier molecular flexibility index (Phi) is 5.61. The molecular weight excluding hydrogens is 528 g/mol. The molecule has 0 atom stereocenters. The van der Waals surface area contributed by atoms with Gasteiger partial charge in [0.25, 0.3) is 0 Å². The second-order valence-corrected chi connectivity index (χ2v) is 11.7. The van der Waals surface area contributed by atoms with Crippen LogP contribution in [-0.2, 0) is 0 Å². The minimum absolute atomic E-state index is 1.22. The Morgan fingerprint density at radius 2 is 0.614 bits per heavy atom. The quantitative estimate of drug-likeness (QED) is 0.190. The lowest BCUT2D eigenvalue weighted by atomic mass is 9.91. The first-order valence-electron chi connectivity index (χ1n) is 15.3. The first-order valence-corrected chi connectivity index (χ1v) is 15.3. The standard InChI is InChI=1S/C44H28/c1-3-11-37-33(9-1)27-43(41-15-7-5-13-39(37)41)31-21-17-29(18-22-31)32-23-19-30-20-24-35(26-36(30)25-32)44-28-34-10-2-4-12-38(34)40-14-6-8-16-42(40)44/h1-28H. The van der Waals surface area contributed by atoms with Crippen molar-refractivity contribution in [3.63, 3.8) is 0 Å². The predicted molar refractivity (Wildman–Crippen MR) is 190 cm³/mol. The van der Waals surface area contributed by atoms with Crippen LogP contribution >= 0.6 is 0 Å². The molecule has 0 nitrogen and oxygen atoms in total. The van der Waals surface area contributed by atoms with Crippen molar-refractivity contribution in [2.45, 2.75) is 0 Å². The number of hydrogen-bond donors (Lipinski definition) is 0. The molecule has 0 unspecified atom stereocenters. The van der Waals surface area contributed by atoms with Crippen LogP contribution < -0.4 is 0 Å². The SMILES string of the molecule is c1ccc2c(c1)cc(-c1ccc(-c3ccc4ccc(-c5cc6ccccc6c6ccccc56)cc4c3)cc1)c1ccccc12. The minimum Gasteiger partial charge on any atom is -0.0616 e. The molecule has 0 spiro atoms. The fraction of sp³-hybridized carbons (Fsp3) is 0. The summed E-state index contributed by atoms with van der Waals surface area (Å²) in [5.41, 5.74) is 7.49. The normalized spacial score (nSPS) is 11.6. The fourth-order valence-electron chi connectivity index (χ4n) is 7.02. The molecule has 0 heteroatoms. The number of hydrogen-bond acceptors (Lipinski definition) is 0. The molecule has 0 aliphatic carbocycles. The molecule has 0 aliphatic heterocycles. The third kappa shape index (κ3) is 4.00. The molecule has 0 aromatic heterocycles. The van der Waals surface area contributed by atoms with Gasteiger partial charge in [-0.1, -0.05) is 146 Å². The van der Waals surface area contributed by atoms with E-state index in [9.17, 15) is 0 Å². The van der Waals surface area contributed by atoms with Crippen LogP contribution in [0.1, 0.15) is 0 Å². The van der Waals surface area contributed by atoms with E-state index in [1.807, 2.05) is 0 Å². The summed E-state index contributed by atoms with van der Waals surface area (Å²) in [6.07, 6.45) is 0. The van der Waals surface area contributed by atoms with Gasteiger partial charge in [-0.2, -0.15) is 0 Å². The summed E-state index contributed by atoms with van der Waals surface area (Å²) in [6.45, 7) is 0. The van der Waals surface area contributed by atoms with Crippen LogP contribution in [0.25, 0.3) is 87.2 Å². The molecule has 9 rings (SSSR count). The molecule has 0 N–H and O–H groups in total. The number of rotatable bonds is 3. The smallest absolute Gasteiger partial charge is 0.00988 e. The second-order valence-electron chi connectivity index (χ2n) is 11.7. The van der Waals surface area contributed by atoms with E-state index in [0.29, 0.717) is 0 Å². The third-order valence-electron chi connectivity index (χ3n) is 9.22. The monoisotopic (exact) mass is 556 g/mol. The molecule has 0 radical (unpaired) electrons. The maximum absolute atomic E-state index is 2.35. The van der Waals surface area contributed by atoms with Crippen LogP contribution in [-0.4, -0.2) is 0 Å². The van der Waals surface area contributed by atoms with E-state index < -0.39 is 0 Å². The molecule has 0 amide bonds. The topological polar surface area (TPSA) is 0 Å². The van der Waals surface area contributed by atoms with Crippen molar-refractivity contribution < 1.29 is 0 Å². The number of benzene rings is 9. The zero-order chi connectivity index (χ0) is 29.0. The van der Waals surface area contributed by atoms with E-state index in [4.69, 9.17) is 0 Å². The average molecular weight is 557 g/mol. The average Bonchev–Trinajstić information content (AvgIpc) is 3.10. The van der Waals surface area contributed by atoms with Crippen LogP contribution in [0.4, 0.5) is 0 Å². The van der Waals surface area contributed by atoms with Crippen molar-refractivity contribution in [1.29, 1.82) is 0 Å². The van der Waals surface area contributed by atoms with E-state index >= 15 is 0 Å². The van der Waals surface area contributed by atoms with Gasteiger partial charge >= 0.3 is 0 Å². The summed E-state index contributed by atoms with van der Waals surface area (Å²) in [5.74, 6) is 0. The van der Waals surface area contributed by atoms with Crippen molar-refractivity contribution >= 4 is 53.9 Å². The maximum atomic E-state index is 2.35. The molecule has 0 bridgehead atoms. The maximum Gasteiger partial charge on any atom is -0.00988 e. The molecule has 0 saturated carbocycles. The molecule has 44 heavy (non-hydrogen) atoms. The highest BCUT2D eigenvalue weighted by Gasteiger charge is 2.11. The Morgan fingerprint density at radius 3 is 1.20 bits per heavy atom. The van der Waals surface area contributed by atoms with Gasteiger partial charge in [0.1, 0.15) is 0 Å². The minimum atomic E-state index is 1.22.